The summed E-state index contributed by atoms with van der Waals surface area (Å²) in [4.78, 5) is 9.45. The number of hydrogen-bond donors (Lipinski definition) is 0. The summed E-state index contributed by atoms with van der Waals surface area (Å²) in [6.45, 7) is 1.88. The van der Waals surface area contributed by atoms with Gasteiger partial charge in [-0.3, -0.25) is 0 Å². The molecule has 5 heteroatoms. The van der Waals surface area contributed by atoms with Crippen LogP contribution in [0.4, 0.5) is 0 Å². The quantitative estimate of drug-likeness (QED) is 0.354. The average molecular weight is 128 g/mol. The second-order valence-corrected chi connectivity index (χ2v) is 1.47. The minimum absolute atomic E-state index is 0. The summed E-state index contributed by atoms with van der Waals surface area (Å²) in [7, 11) is -2.89. The van der Waals surface area contributed by atoms with Crippen LogP contribution in [0, 0.1) is 0 Å². The van der Waals surface area contributed by atoms with Crippen LogP contribution in [-0.2, 0) is 8.89 Å². The molecular formula is C2H5NaO3Si. The Hall–Kier alpha value is 0.617. The third kappa shape index (κ3) is 10.8. The first kappa shape index (κ1) is 10.6. The molecule has 0 rings (SSSR count). The van der Waals surface area contributed by atoms with E-state index in [2.05, 4.69) is 4.43 Å². The van der Waals surface area contributed by atoms with Crippen LogP contribution in [0.2, 0.25) is 0 Å². The summed E-state index contributed by atoms with van der Waals surface area (Å²) in [6, 6.07) is 0. The second kappa shape index (κ2) is 6.62. The molecule has 0 heterocycles. The maximum atomic E-state index is 9.45. The third-order valence-electron chi connectivity index (χ3n) is 0.262. The molecule has 0 aliphatic heterocycles. The summed E-state index contributed by atoms with van der Waals surface area (Å²) in [6.07, 6.45) is 0. The van der Waals surface area contributed by atoms with Crippen molar-refractivity contribution in [3.05, 3.63) is 0 Å². The SMILES string of the molecule is CCO[Si](=O)[O-].[Na+]. The van der Waals surface area contributed by atoms with E-state index in [1.165, 1.54) is 0 Å². The Balaban J connectivity index is 0. The molecule has 0 spiro atoms. The van der Waals surface area contributed by atoms with Crippen molar-refractivity contribution in [2.45, 2.75) is 6.92 Å². The van der Waals surface area contributed by atoms with Crippen LogP contribution in [0.25, 0.3) is 0 Å². The summed E-state index contributed by atoms with van der Waals surface area (Å²) in [5.74, 6) is 0. The fraction of sp³-hybridized carbons (Fsp3) is 1.00. The minimum Gasteiger partial charge on any atom is -0.588 e. The number of rotatable bonds is 2. The molecule has 0 aromatic carbocycles. The fourth-order valence-corrected chi connectivity index (χ4v) is 0.354. The van der Waals surface area contributed by atoms with Crippen molar-refractivity contribution in [3.8, 4) is 0 Å². The van der Waals surface area contributed by atoms with Crippen molar-refractivity contribution in [2.24, 2.45) is 0 Å². The van der Waals surface area contributed by atoms with Gasteiger partial charge in [-0.2, -0.15) is 0 Å². The van der Waals surface area contributed by atoms with E-state index in [1.54, 1.807) is 6.92 Å². The first-order valence-electron chi connectivity index (χ1n) is 1.61. The fourth-order valence-electron chi connectivity index (χ4n) is 0.118. The van der Waals surface area contributed by atoms with Gasteiger partial charge in [-0.1, -0.05) is 0 Å². The van der Waals surface area contributed by atoms with Crippen molar-refractivity contribution in [1.29, 1.82) is 0 Å². The van der Waals surface area contributed by atoms with E-state index in [9.17, 15) is 9.26 Å². The van der Waals surface area contributed by atoms with Gasteiger partial charge < -0.3 is 13.7 Å². The van der Waals surface area contributed by atoms with Crippen LogP contribution in [0.3, 0.4) is 0 Å². The molecule has 0 saturated carbocycles. The molecule has 3 nitrogen and oxygen atoms in total. The molecule has 0 atom stereocenters. The zero-order valence-electron chi connectivity index (χ0n) is 4.43. The van der Waals surface area contributed by atoms with Gasteiger partial charge in [0.1, 0.15) is 0 Å². The molecule has 0 aromatic heterocycles. The molecule has 0 aliphatic rings. The van der Waals surface area contributed by atoms with E-state index >= 15 is 0 Å². The van der Waals surface area contributed by atoms with E-state index in [4.69, 9.17) is 0 Å². The average Bonchev–Trinajstić information content (AvgIpc) is 1.35. The minimum atomic E-state index is -2.89. The summed E-state index contributed by atoms with van der Waals surface area (Å²) in [5.41, 5.74) is 0. The van der Waals surface area contributed by atoms with Crippen LogP contribution >= 0.6 is 0 Å². The van der Waals surface area contributed by atoms with Crippen molar-refractivity contribution in [1.82, 2.24) is 0 Å². The molecule has 36 valence electrons. The van der Waals surface area contributed by atoms with E-state index in [1.807, 2.05) is 0 Å². The zero-order valence-corrected chi connectivity index (χ0v) is 7.43. The molecule has 0 aromatic rings. The van der Waals surface area contributed by atoms with Gasteiger partial charge in [-0.15, -0.1) is 0 Å². The maximum Gasteiger partial charge on any atom is 1.00 e. The van der Waals surface area contributed by atoms with Gasteiger partial charge in [0.05, 0.1) is 0 Å². The Kier molecular flexibility index (Phi) is 9.99. The van der Waals surface area contributed by atoms with Crippen LogP contribution in [0.5, 0.6) is 0 Å². The topological polar surface area (TPSA) is 49.4 Å². The van der Waals surface area contributed by atoms with Gasteiger partial charge in [0.15, 0.2) is 0 Å². The Morgan fingerprint density at radius 2 is 2.29 bits per heavy atom. The van der Waals surface area contributed by atoms with Gasteiger partial charge in [-0.25, -0.2) is 0 Å². The molecule has 0 radical (unpaired) electrons. The molecule has 0 fully saturated rings. The van der Waals surface area contributed by atoms with Crippen LogP contribution in [0.15, 0.2) is 0 Å². The maximum absolute atomic E-state index is 9.45. The van der Waals surface area contributed by atoms with Crippen LogP contribution in [0.1, 0.15) is 6.92 Å². The Bertz CT molecular complexity index is 56.9. The van der Waals surface area contributed by atoms with E-state index in [0.29, 0.717) is 0 Å². The van der Waals surface area contributed by atoms with Gasteiger partial charge >= 0.3 is 38.7 Å². The largest absolute Gasteiger partial charge is 1.00 e. The van der Waals surface area contributed by atoms with Crippen LogP contribution in [-0.4, -0.2) is 15.8 Å². The molecule has 0 saturated heterocycles. The third-order valence-corrected chi connectivity index (χ3v) is 0.787. The molecule has 7 heavy (non-hydrogen) atoms. The first-order chi connectivity index (χ1) is 2.77. The van der Waals surface area contributed by atoms with Crippen molar-refractivity contribution in [2.75, 3.05) is 6.61 Å². The van der Waals surface area contributed by atoms with Crippen molar-refractivity contribution >= 4 is 9.17 Å². The Morgan fingerprint density at radius 3 is 2.29 bits per heavy atom. The predicted octanol–water partition coefficient (Wildman–Crippen LogP) is -4.20. The summed E-state index contributed by atoms with van der Waals surface area (Å²) < 4.78 is 13.5. The zero-order chi connectivity index (χ0) is 4.99. The Morgan fingerprint density at radius 1 is 1.86 bits per heavy atom. The molecule has 0 amide bonds. The normalized spacial score (nSPS) is 6.43. The molecule has 0 N–H and O–H groups in total. The van der Waals surface area contributed by atoms with E-state index in [-0.39, 0.29) is 36.2 Å². The molecule has 0 bridgehead atoms. The summed E-state index contributed by atoms with van der Waals surface area (Å²) in [5, 5.41) is 0. The Labute approximate surface area is 65.9 Å². The smallest absolute Gasteiger partial charge is 0.588 e. The van der Waals surface area contributed by atoms with Gasteiger partial charge in [0.2, 0.25) is 0 Å². The molecular weight excluding hydrogens is 123 g/mol. The molecule has 0 aliphatic carbocycles. The predicted molar refractivity (Wildman–Crippen MR) is 18.1 cm³/mol. The van der Waals surface area contributed by atoms with Gasteiger partial charge in [0.25, 0.3) is 0 Å². The first-order valence-corrected chi connectivity index (χ1v) is 2.83. The van der Waals surface area contributed by atoms with Gasteiger partial charge in [0, 0.05) is 6.61 Å². The standard InChI is InChI=1S/C2H5O3Si.Na/c1-2-5-6(3)4;/h2H2,1H3;/q-1;+1. The second-order valence-electron chi connectivity index (χ2n) is 0.683. The summed E-state index contributed by atoms with van der Waals surface area (Å²) >= 11 is 0. The van der Waals surface area contributed by atoms with Crippen molar-refractivity contribution < 1.29 is 43.2 Å². The van der Waals surface area contributed by atoms with E-state index < -0.39 is 9.17 Å². The van der Waals surface area contributed by atoms with Crippen LogP contribution < -0.4 is 34.4 Å². The number of hydrogen-bond acceptors (Lipinski definition) is 3. The molecule has 0 unspecified atom stereocenters. The van der Waals surface area contributed by atoms with Crippen molar-refractivity contribution in [3.63, 3.8) is 0 Å². The van der Waals surface area contributed by atoms with E-state index in [0.717, 1.165) is 0 Å². The van der Waals surface area contributed by atoms with Gasteiger partial charge in [-0.05, 0) is 6.92 Å². The monoisotopic (exact) mass is 128 g/mol.